The average molecular weight is 382 g/mol. The van der Waals surface area contributed by atoms with Gasteiger partial charge < -0.3 is 19.3 Å². The Bertz CT molecular complexity index is 881. The molecular weight excluding hydrogens is 356 g/mol. The molecule has 2 aromatic carbocycles. The van der Waals surface area contributed by atoms with E-state index in [2.05, 4.69) is 0 Å². The molecule has 0 radical (unpaired) electrons. The zero-order chi connectivity index (χ0) is 20.3. The van der Waals surface area contributed by atoms with Crippen molar-refractivity contribution in [3.63, 3.8) is 0 Å². The third-order valence-electron chi connectivity index (χ3n) is 5.05. The van der Waals surface area contributed by atoms with Crippen LogP contribution in [-0.4, -0.2) is 39.1 Å². The van der Waals surface area contributed by atoms with Crippen molar-refractivity contribution in [1.82, 2.24) is 0 Å². The summed E-state index contributed by atoms with van der Waals surface area (Å²) in [6, 6.07) is 13.2. The van der Waals surface area contributed by atoms with Crippen molar-refractivity contribution < 1.29 is 19.1 Å². The molecule has 0 N–H and O–H groups in total. The summed E-state index contributed by atoms with van der Waals surface area (Å²) in [5.74, 6) is 0.682. The standard InChI is InChI=1S/C22H26N2O4/c1-5-23(17-8-6-7-15(2)11-17)22(26)16-12-21(25)24(14-16)19-13-18(27-3)9-10-20(19)28-4/h6-11,13,16H,5,12,14H2,1-4H3. The smallest absolute Gasteiger partial charge is 0.232 e. The zero-order valence-electron chi connectivity index (χ0n) is 16.8. The van der Waals surface area contributed by atoms with Crippen molar-refractivity contribution in [2.24, 2.45) is 5.92 Å². The van der Waals surface area contributed by atoms with Gasteiger partial charge in [-0.1, -0.05) is 12.1 Å². The summed E-state index contributed by atoms with van der Waals surface area (Å²) in [5.41, 5.74) is 2.58. The predicted octanol–water partition coefficient (Wildman–Crippen LogP) is 3.42. The summed E-state index contributed by atoms with van der Waals surface area (Å²) >= 11 is 0. The van der Waals surface area contributed by atoms with E-state index in [9.17, 15) is 9.59 Å². The van der Waals surface area contributed by atoms with Crippen LogP contribution >= 0.6 is 0 Å². The second-order valence-corrected chi connectivity index (χ2v) is 6.86. The topological polar surface area (TPSA) is 59.1 Å². The Labute approximate surface area is 165 Å². The Morgan fingerprint density at radius 2 is 1.96 bits per heavy atom. The molecule has 1 fully saturated rings. The van der Waals surface area contributed by atoms with Crippen molar-refractivity contribution in [3.05, 3.63) is 48.0 Å². The summed E-state index contributed by atoms with van der Waals surface area (Å²) < 4.78 is 10.7. The second kappa shape index (κ2) is 8.33. The van der Waals surface area contributed by atoms with Gasteiger partial charge in [0.2, 0.25) is 11.8 Å². The molecule has 2 aromatic rings. The number of carbonyl (C=O) groups excluding carboxylic acids is 2. The summed E-state index contributed by atoms with van der Waals surface area (Å²) in [4.78, 5) is 29.3. The second-order valence-electron chi connectivity index (χ2n) is 6.86. The number of hydrogen-bond donors (Lipinski definition) is 0. The van der Waals surface area contributed by atoms with Gasteiger partial charge in [-0.3, -0.25) is 9.59 Å². The maximum Gasteiger partial charge on any atom is 0.232 e. The van der Waals surface area contributed by atoms with E-state index in [0.29, 0.717) is 30.3 Å². The number of amides is 2. The van der Waals surface area contributed by atoms with Crippen LogP contribution < -0.4 is 19.3 Å². The van der Waals surface area contributed by atoms with Gasteiger partial charge in [-0.25, -0.2) is 0 Å². The molecule has 0 saturated carbocycles. The normalized spacial score (nSPS) is 16.2. The molecule has 6 heteroatoms. The van der Waals surface area contributed by atoms with Gasteiger partial charge >= 0.3 is 0 Å². The first-order valence-electron chi connectivity index (χ1n) is 9.39. The van der Waals surface area contributed by atoms with E-state index in [1.807, 2.05) is 38.1 Å². The largest absolute Gasteiger partial charge is 0.497 e. The van der Waals surface area contributed by atoms with Crippen molar-refractivity contribution in [3.8, 4) is 11.5 Å². The first kappa shape index (κ1) is 19.7. The molecule has 0 aromatic heterocycles. The predicted molar refractivity (Wildman–Crippen MR) is 109 cm³/mol. The highest BCUT2D eigenvalue weighted by atomic mass is 16.5. The number of rotatable bonds is 6. The molecule has 1 aliphatic rings. The van der Waals surface area contributed by atoms with Gasteiger partial charge in [-0.15, -0.1) is 0 Å². The molecule has 0 bridgehead atoms. The zero-order valence-corrected chi connectivity index (χ0v) is 16.8. The van der Waals surface area contributed by atoms with Crippen molar-refractivity contribution >= 4 is 23.2 Å². The van der Waals surface area contributed by atoms with Gasteiger partial charge in [0, 0.05) is 31.3 Å². The van der Waals surface area contributed by atoms with Crippen LogP contribution in [0.3, 0.4) is 0 Å². The van der Waals surface area contributed by atoms with Crippen LogP contribution in [0.1, 0.15) is 18.9 Å². The Kier molecular flexibility index (Phi) is 5.87. The quantitative estimate of drug-likeness (QED) is 0.768. The van der Waals surface area contributed by atoms with Crippen LogP contribution in [0.5, 0.6) is 11.5 Å². The van der Waals surface area contributed by atoms with E-state index in [1.54, 1.807) is 42.2 Å². The number of aryl methyl sites for hydroxylation is 1. The van der Waals surface area contributed by atoms with Crippen LogP contribution in [0.2, 0.25) is 0 Å². The van der Waals surface area contributed by atoms with Crippen LogP contribution in [-0.2, 0) is 9.59 Å². The lowest BCUT2D eigenvalue weighted by Gasteiger charge is -2.25. The maximum atomic E-state index is 13.2. The molecule has 0 spiro atoms. The van der Waals surface area contributed by atoms with Gasteiger partial charge in [-0.2, -0.15) is 0 Å². The Balaban J connectivity index is 1.85. The lowest BCUT2D eigenvalue weighted by atomic mass is 10.1. The Hall–Kier alpha value is -3.02. The molecule has 1 atom stereocenters. The third-order valence-corrected chi connectivity index (χ3v) is 5.05. The van der Waals surface area contributed by atoms with E-state index in [4.69, 9.17) is 9.47 Å². The molecule has 1 unspecified atom stereocenters. The number of anilines is 2. The molecule has 6 nitrogen and oxygen atoms in total. The molecule has 2 amide bonds. The fourth-order valence-electron chi connectivity index (χ4n) is 3.60. The fourth-order valence-corrected chi connectivity index (χ4v) is 3.60. The van der Waals surface area contributed by atoms with Crippen molar-refractivity contribution in [2.75, 3.05) is 37.1 Å². The van der Waals surface area contributed by atoms with Crippen molar-refractivity contribution in [1.29, 1.82) is 0 Å². The summed E-state index contributed by atoms with van der Waals surface area (Å²) in [6.45, 7) is 4.82. The van der Waals surface area contributed by atoms with E-state index in [-0.39, 0.29) is 18.2 Å². The fraction of sp³-hybridized carbons (Fsp3) is 0.364. The van der Waals surface area contributed by atoms with Crippen LogP contribution in [0, 0.1) is 12.8 Å². The van der Waals surface area contributed by atoms with E-state index >= 15 is 0 Å². The molecule has 1 heterocycles. The van der Waals surface area contributed by atoms with E-state index < -0.39 is 5.92 Å². The minimum absolute atomic E-state index is 0.0363. The van der Waals surface area contributed by atoms with E-state index in [0.717, 1.165) is 11.3 Å². The molecule has 3 rings (SSSR count). The van der Waals surface area contributed by atoms with Gasteiger partial charge in [0.05, 0.1) is 25.8 Å². The minimum atomic E-state index is -0.399. The molecular formula is C22H26N2O4. The van der Waals surface area contributed by atoms with Gasteiger partial charge in [0.25, 0.3) is 0 Å². The molecule has 28 heavy (non-hydrogen) atoms. The van der Waals surface area contributed by atoms with Gasteiger partial charge in [-0.05, 0) is 43.7 Å². The molecule has 1 saturated heterocycles. The highest BCUT2D eigenvalue weighted by Crippen LogP contribution is 2.36. The SMILES string of the molecule is CCN(C(=O)C1CC(=O)N(c2cc(OC)ccc2OC)C1)c1cccc(C)c1. The Morgan fingerprint density at radius 3 is 2.61 bits per heavy atom. The third kappa shape index (κ3) is 3.81. The van der Waals surface area contributed by atoms with Crippen molar-refractivity contribution in [2.45, 2.75) is 20.3 Å². The monoisotopic (exact) mass is 382 g/mol. The summed E-state index contributed by atoms with van der Waals surface area (Å²) in [6.07, 6.45) is 0.182. The minimum Gasteiger partial charge on any atom is -0.497 e. The number of nitrogens with zero attached hydrogens (tertiary/aromatic N) is 2. The highest BCUT2D eigenvalue weighted by molar-refractivity contribution is 6.05. The summed E-state index contributed by atoms with van der Waals surface area (Å²) in [5, 5.41) is 0. The van der Waals surface area contributed by atoms with E-state index in [1.165, 1.54) is 0 Å². The van der Waals surface area contributed by atoms with Crippen LogP contribution in [0.25, 0.3) is 0 Å². The highest BCUT2D eigenvalue weighted by Gasteiger charge is 2.38. The maximum absolute atomic E-state index is 13.2. The average Bonchev–Trinajstić information content (AvgIpc) is 3.09. The molecule has 148 valence electrons. The summed E-state index contributed by atoms with van der Waals surface area (Å²) in [7, 11) is 3.13. The van der Waals surface area contributed by atoms with Gasteiger partial charge in [0.1, 0.15) is 11.5 Å². The number of carbonyl (C=O) groups is 2. The van der Waals surface area contributed by atoms with Crippen LogP contribution in [0.4, 0.5) is 11.4 Å². The first-order chi connectivity index (χ1) is 13.5. The number of ether oxygens (including phenoxy) is 2. The lowest BCUT2D eigenvalue weighted by molar-refractivity contribution is -0.124. The molecule has 1 aliphatic heterocycles. The Morgan fingerprint density at radius 1 is 1.18 bits per heavy atom. The number of hydrogen-bond acceptors (Lipinski definition) is 4. The number of methoxy groups -OCH3 is 2. The van der Waals surface area contributed by atoms with Crippen LogP contribution in [0.15, 0.2) is 42.5 Å². The van der Waals surface area contributed by atoms with Gasteiger partial charge in [0.15, 0.2) is 0 Å². The molecule has 0 aliphatic carbocycles. The lowest BCUT2D eigenvalue weighted by Crippen LogP contribution is -2.37. The first-order valence-corrected chi connectivity index (χ1v) is 9.39. The number of benzene rings is 2.